The Balaban J connectivity index is 1.72. The first-order valence-corrected chi connectivity index (χ1v) is 10.0. The molecule has 0 saturated carbocycles. The van der Waals surface area contributed by atoms with Crippen molar-refractivity contribution in [2.75, 3.05) is 18.4 Å². The minimum atomic E-state index is -0.208. The lowest BCUT2D eigenvalue weighted by molar-refractivity contribution is 0.0530. The van der Waals surface area contributed by atoms with Crippen LogP contribution in [0.4, 0.5) is 10.1 Å². The number of carbonyl (C=O) groups is 1. The number of fused-ring (bicyclic) bond motifs is 1. The van der Waals surface area contributed by atoms with E-state index >= 15 is 0 Å². The van der Waals surface area contributed by atoms with Gasteiger partial charge in [0, 0.05) is 31.5 Å². The fourth-order valence-corrected chi connectivity index (χ4v) is 3.98. The first kappa shape index (κ1) is 19.4. The van der Waals surface area contributed by atoms with E-state index in [0.29, 0.717) is 23.6 Å². The van der Waals surface area contributed by atoms with Crippen LogP contribution in [0.3, 0.4) is 0 Å². The highest BCUT2D eigenvalue weighted by Crippen LogP contribution is 2.26. The van der Waals surface area contributed by atoms with Crippen molar-refractivity contribution in [3.8, 4) is 0 Å². The van der Waals surface area contributed by atoms with Gasteiger partial charge in [0.05, 0.1) is 16.9 Å². The molecule has 1 aromatic carbocycles. The fourth-order valence-electron chi connectivity index (χ4n) is 3.98. The largest absolute Gasteiger partial charge is 0.378 e. The van der Waals surface area contributed by atoms with Crippen LogP contribution in [0.5, 0.6) is 0 Å². The van der Waals surface area contributed by atoms with Gasteiger partial charge in [-0.25, -0.2) is 9.37 Å². The number of likely N-dealkylation sites (tertiary alicyclic amines) is 1. The molecule has 0 spiro atoms. The quantitative estimate of drug-likeness (QED) is 0.713. The second kappa shape index (κ2) is 7.17. The Morgan fingerprint density at radius 2 is 1.97 bits per heavy atom. The molecule has 0 bridgehead atoms. The second-order valence-electron chi connectivity index (χ2n) is 8.26. The molecule has 6 heteroatoms. The van der Waals surface area contributed by atoms with Crippen LogP contribution in [0, 0.1) is 39.4 Å². The van der Waals surface area contributed by atoms with Gasteiger partial charge < -0.3 is 14.6 Å². The fraction of sp³-hybridized carbons (Fsp3) is 0.391. The molecule has 0 atom stereocenters. The smallest absolute Gasteiger partial charge is 0.255 e. The highest BCUT2D eigenvalue weighted by molar-refractivity contribution is 5.96. The molecule has 0 unspecified atom stereocenters. The molecule has 2 aromatic heterocycles. The van der Waals surface area contributed by atoms with Gasteiger partial charge in [0.2, 0.25) is 0 Å². The number of amides is 1. The van der Waals surface area contributed by atoms with Crippen molar-refractivity contribution in [3.63, 3.8) is 0 Å². The molecule has 0 aliphatic carbocycles. The number of aromatic nitrogens is 2. The third kappa shape index (κ3) is 3.37. The van der Waals surface area contributed by atoms with Gasteiger partial charge in [0.15, 0.2) is 5.65 Å². The maximum atomic E-state index is 14.0. The van der Waals surface area contributed by atoms with E-state index in [2.05, 4.69) is 17.2 Å². The minimum Gasteiger partial charge on any atom is -0.378 e. The lowest BCUT2D eigenvalue weighted by Gasteiger charge is -2.37. The number of hydrogen-bond acceptors (Lipinski definition) is 3. The normalized spacial score (nSPS) is 14.3. The molecular formula is C23H27FN4O. The van der Waals surface area contributed by atoms with Gasteiger partial charge in [0.1, 0.15) is 5.82 Å². The van der Waals surface area contributed by atoms with Crippen LogP contribution < -0.4 is 5.32 Å². The van der Waals surface area contributed by atoms with Crippen molar-refractivity contribution in [2.24, 2.45) is 5.92 Å². The monoisotopic (exact) mass is 394 g/mol. The number of rotatable bonds is 4. The average Bonchev–Trinajstić information content (AvgIpc) is 2.96. The number of halogens is 1. The van der Waals surface area contributed by atoms with Crippen molar-refractivity contribution in [1.29, 1.82) is 0 Å². The maximum Gasteiger partial charge on any atom is 0.255 e. The summed E-state index contributed by atoms with van der Waals surface area (Å²) >= 11 is 0. The third-order valence-electron chi connectivity index (χ3n) is 6.02. The molecule has 3 heterocycles. The SMILES string of the molecule is Cc1ccc(F)c(C)c1CNc1cc(C(=O)N2CC(C)C2)cn2c(C)c(C)nc12. The Kier molecular flexibility index (Phi) is 4.81. The van der Waals surface area contributed by atoms with E-state index in [-0.39, 0.29) is 11.7 Å². The van der Waals surface area contributed by atoms with Crippen molar-refractivity contribution < 1.29 is 9.18 Å². The number of anilines is 1. The van der Waals surface area contributed by atoms with Crippen molar-refractivity contribution in [1.82, 2.24) is 14.3 Å². The summed E-state index contributed by atoms with van der Waals surface area (Å²) in [7, 11) is 0. The van der Waals surface area contributed by atoms with Crippen LogP contribution in [0.2, 0.25) is 0 Å². The molecule has 152 valence electrons. The first-order chi connectivity index (χ1) is 13.8. The van der Waals surface area contributed by atoms with E-state index in [9.17, 15) is 9.18 Å². The third-order valence-corrected chi connectivity index (χ3v) is 6.02. The van der Waals surface area contributed by atoms with Crippen LogP contribution in [-0.4, -0.2) is 33.3 Å². The van der Waals surface area contributed by atoms with Gasteiger partial charge in [-0.2, -0.15) is 0 Å². The van der Waals surface area contributed by atoms with E-state index in [1.54, 1.807) is 13.0 Å². The summed E-state index contributed by atoms with van der Waals surface area (Å²) in [5.74, 6) is 0.384. The zero-order chi connectivity index (χ0) is 20.9. The summed E-state index contributed by atoms with van der Waals surface area (Å²) in [6.07, 6.45) is 1.87. The number of benzene rings is 1. The molecule has 1 aliphatic heterocycles. The van der Waals surface area contributed by atoms with Gasteiger partial charge in [-0.1, -0.05) is 13.0 Å². The molecule has 1 N–H and O–H groups in total. The average molecular weight is 394 g/mol. The van der Waals surface area contributed by atoms with Gasteiger partial charge in [-0.05, 0) is 62.4 Å². The Labute approximate surface area is 170 Å². The molecular weight excluding hydrogens is 367 g/mol. The molecule has 1 amide bonds. The van der Waals surface area contributed by atoms with Crippen LogP contribution in [0.1, 0.15) is 45.4 Å². The molecule has 1 fully saturated rings. The van der Waals surface area contributed by atoms with E-state index < -0.39 is 0 Å². The molecule has 4 rings (SSSR count). The number of aryl methyl sites for hydroxylation is 3. The van der Waals surface area contributed by atoms with Crippen molar-refractivity contribution in [3.05, 3.63) is 63.9 Å². The lowest BCUT2D eigenvalue weighted by Crippen LogP contribution is -2.48. The first-order valence-electron chi connectivity index (χ1n) is 10.0. The lowest BCUT2D eigenvalue weighted by atomic mass is 10.0. The molecule has 3 aromatic rings. The molecule has 1 aliphatic rings. The number of carbonyl (C=O) groups excluding carboxylic acids is 1. The van der Waals surface area contributed by atoms with E-state index in [4.69, 9.17) is 0 Å². The molecule has 5 nitrogen and oxygen atoms in total. The van der Waals surface area contributed by atoms with Crippen LogP contribution in [0.15, 0.2) is 24.4 Å². The van der Waals surface area contributed by atoms with E-state index in [0.717, 1.165) is 46.9 Å². The highest BCUT2D eigenvalue weighted by atomic mass is 19.1. The van der Waals surface area contributed by atoms with Crippen molar-refractivity contribution >= 4 is 17.2 Å². The van der Waals surface area contributed by atoms with Gasteiger partial charge in [-0.3, -0.25) is 4.79 Å². The number of nitrogens with zero attached hydrogens (tertiary/aromatic N) is 3. The van der Waals surface area contributed by atoms with Gasteiger partial charge in [-0.15, -0.1) is 0 Å². The van der Waals surface area contributed by atoms with Crippen LogP contribution in [-0.2, 0) is 6.54 Å². The molecule has 29 heavy (non-hydrogen) atoms. The Hall–Kier alpha value is -2.89. The molecule has 1 saturated heterocycles. The maximum absolute atomic E-state index is 14.0. The van der Waals surface area contributed by atoms with Crippen molar-refractivity contribution in [2.45, 2.75) is 41.2 Å². The number of imidazole rings is 1. The predicted molar refractivity (Wildman–Crippen MR) is 113 cm³/mol. The summed E-state index contributed by atoms with van der Waals surface area (Å²) in [6, 6.07) is 5.17. The highest BCUT2D eigenvalue weighted by Gasteiger charge is 2.28. The zero-order valence-corrected chi connectivity index (χ0v) is 17.6. The number of pyridine rings is 1. The zero-order valence-electron chi connectivity index (χ0n) is 17.6. The summed E-state index contributed by atoms with van der Waals surface area (Å²) in [6.45, 7) is 11.9. The van der Waals surface area contributed by atoms with Gasteiger partial charge in [0.25, 0.3) is 5.91 Å². The number of nitrogens with one attached hydrogen (secondary N) is 1. The second-order valence-corrected chi connectivity index (χ2v) is 8.26. The van der Waals surface area contributed by atoms with E-state index in [1.165, 1.54) is 6.07 Å². The summed E-state index contributed by atoms with van der Waals surface area (Å²) in [5, 5.41) is 3.41. The Bertz CT molecular complexity index is 1110. The Morgan fingerprint density at radius 1 is 1.24 bits per heavy atom. The predicted octanol–water partition coefficient (Wildman–Crippen LogP) is 4.41. The molecule has 0 radical (unpaired) electrons. The summed E-state index contributed by atoms with van der Waals surface area (Å²) < 4.78 is 16.0. The summed E-state index contributed by atoms with van der Waals surface area (Å²) in [5.41, 5.74) is 6.73. The topological polar surface area (TPSA) is 49.6 Å². The summed E-state index contributed by atoms with van der Waals surface area (Å²) in [4.78, 5) is 19.5. The van der Waals surface area contributed by atoms with Crippen LogP contribution in [0.25, 0.3) is 5.65 Å². The standard InChI is InChI=1S/C23H27FN4O/c1-13-10-27(11-13)23(29)18-8-21(22-26-16(4)17(5)28(22)12-18)25-9-19-14(2)6-7-20(24)15(19)3/h6-8,12-13,25H,9-11H2,1-5H3. The van der Waals surface area contributed by atoms with Crippen LogP contribution >= 0.6 is 0 Å². The van der Waals surface area contributed by atoms with E-state index in [1.807, 2.05) is 42.3 Å². The number of hydrogen-bond donors (Lipinski definition) is 1. The minimum absolute atomic E-state index is 0.0388. The Morgan fingerprint density at radius 3 is 2.66 bits per heavy atom. The van der Waals surface area contributed by atoms with Gasteiger partial charge >= 0.3 is 0 Å².